The highest BCUT2D eigenvalue weighted by atomic mass is 16.5. The summed E-state index contributed by atoms with van der Waals surface area (Å²) in [6.45, 7) is 6.13. The van der Waals surface area contributed by atoms with Crippen LogP contribution >= 0.6 is 0 Å². The number of nitrogens with zero attached hydrogens (tertiary/aromatic N) is 1. The zero-order valence-corrected chi connectivity index (χ0v) is 13.9. The Morgan fingerprint density at radius 1 is 1.13 bits per heavy atom. The van der Waals surface area contributed by atoms with Crippen molar-refractivity contribution in [3.05, 3.63) is 29.8 Å². The van der Waals surface area contributed by atoms with Crippen molar-refractivity contribution >= 4 is 11.9 Å². The lowest BCUT2D eigenvalue weighted by Gasteiger charge is -2.31. The van der Waals surface area contributed by atoms with Gasteiger partial charge in [0.15, 0.2) is 0 Å². The zero-order valence-electron chi connectivity index (χ0n) is 13.9. The van der Waals surface area contributed by atoms with Gasteiger partial charge in [0.1, 0.15) is 5.75 Å². The minimum absolute atomic E-state index is 0.00866. The van der Waals surface area contributed by atoms with E-state index in [0.717, 1.165) is 12.2 Å². The van der Waals surface area contributed by atoms with E-state index in [4.69, 9.17) is 9.47 Å². The van der Waals surface area contributed by atoms with Crippen LogP contribution in [0.3, 0.4) is 0 Å². The summed E-state index contributed by atoms with van der Waals surface area (Å²) in [4.78, 5) is 26.0. The summed E-state index contributed by atoms with van der Waals surface area (Å²) in [6, 6.07) is 7.25. The number of amides is 1. The lowest BCUT2D eigenvalue weighted by molar-refractivity contribution is -0.149. The van der Waals surface area contributed by atoms with Crippen molar-refractivity contribution in [2.75, 3.05) is 26.3 Å². The summed E-state index contributed by atoms with van der Waals surface area (Å²) in [5, 5.41) is 0. The molecule has 23 heavy (non-hydrogen) atoms. The second-order valence-corrected chi connectivity index (χ2v) is 5.69. The molecule has 0 radical (unpaired) electrons. The normalized spacial score (nSPS) is 15.3. The summed E-state index contributed by atoms with van der Waals surface area (Å²) in [6.07, 6.45) is 2.29. The minimum atomic E-state index is -0.142. The minimum Gasteiger partial charge on any atom is -0.494 e. The van der Waals surface area contributed by atoms with E-state index in [1.807, 2.05) is 19.1 Å². The van der Waals surface area contributed by atoms with E-state index in [-0.39, 0.29) is 17.8 Å². The molecule has 1 aromatic rings. The molecule has 0 N–H and O–H groups in total. The van der Waals surface area contributed by atoms with Gasteiger partial charge in [0.2, 0.25) is 0 Å². The highest BCUT2D eigenvalue weighted by Crippen LogP contribution is 2.21. The number of carbonyl (C=O) groups excluding carboxylic acids is 2. The fraction of sp³-hybridized carbons (Fsp3) is 0.556. The van der Waals surface area contributed by atoms with Crippen LogP contribution in [0.5, 0.6) is 5.75 Å². The molecule has 0 unspecified atom stereocenters. The number of likely N-dealkylation sites (tertiary alicyclic amines) is 1. The fourth-order valence-corrected chi connectivity index (χ4v) is 2.67. The molecule has 0 spiro atoms. The third-order valence-electron chi connectivity index (χ3n) is 3.98. The smallest absolute Gasteiger partial charge is 0.309 e. The van der Waals surface area contributed by atoms with Crippen LogP contribution in [0.4, 0.5) is 0 Å². The van der Waals surface area contributed by atoms with Crippen molar-refractivity contribution in [3.63, 3.8) is 0 Å². The molecule has 5 nitrogen and oxygen atoms in total. The maximum absolute atomic E-state index is 12.5. The summed E-state index contributed by atoms with van der Waals surface area (Å²) in [7, 11) is 0. The lowest BCUT2D eigenvalue weighted by atomic mass is 9.96. The molecule has 1 aliphatic heterocycles. The van der Waals surface area contributed by atoms with Gasteiger partial charge in [-0.1, -0.05) is 6.92 Å². The Bertz CT molecular complexity index is 518. The summed E-state index contributed by atoms with van der Waals surface area (Å²) in [5.41, 5.74) is 0.656. The van der Waals surface area contributed by atoms with Crippen molar-refractivity contribution in [1.82, 2.24) is 4.90 Å². The van der Waals surface area contributed by atoms with Crippen LogP contribution in [0, 0.1) is 5.92 Å². The van der Waals surface area contributed by atoms with E-state index in [1.54, 1.807) is 17.0 Å². The van der Waals surface area contributed by atoms with Gasteiger partial charge in [-0.25, -0.2) is 0 Å². The first-order valence-corrected chi connectivity index (χ1v) is 8.34. The second kappa shape index (κ2) is 8.56. The van der Waals surface area contributed by atoms with Crippen molar-refractivity contribution in [2.24, 2.45) is 5.92 Å². The largest absolute Gasteiger partial charge is 0.494 e. The Morgan fingerprint density at radius 3 is 2.35 bits per heavy atom. The van der Waals surface area contributed by atoms with Crippen molar-refractivity contribution < 1.29 is 19.1 Å². The molecule has 5 heteroatoms. The number of hydrogen-bond donors (Lipinski definition) is 0. The number of ether oxygens (including phenoxy) is 2. The van der Waals surface area contributed by atoms with Crippen LogP contribution in [0.15, 0.2) is 24.3 Å². The molecule has 1 heterocycles. The van der Waals surface area contributed by atoms with Gasteiger partial charge in [-0.05, 0) is 50.5 Å². The van der Waals surface area contributed by atoms with Crippen LogP contribution in [-0.4, -0.2) is 43.1 Å². The maximum Gasteiger partial charge on any atom is 0.309 e. The highest BCUT2D eigenvalue weighted by molar-refractivity contribution is 5.94. The molecule has 2 rings (SSSR count). The Balaban J connectivity index is 1.88. The molecular formula is C18H25NO4. The van der Waals surface area contributed by atoms with E-state index in [9.17, 15) is 9.59 Å². The van der Waals surface area contributed by atoms with E-state index >= 15 is 0 Å². The highest BCUT2D eigenvalue weighted by Gasteiger charge is 2.28. The average Bonchev–Trinajstić information content (AvgIpc) is 2.60. The summed E-state index contributed by atoms with van der Waals surface area (Å²) < 4.78 is 10.6. The van der Waals surface area contributed by atoms with Crippen LogP contribution in [-0.2, 0) is 9.53 Å². The van der Waals surface area contributed by atoms with Gasteiger partial charge in [-0.15, -0.1) is 0 Å². The summed E-state index contributed by atoms with van der Waals surface area (Å²) >= 11 is 0. The number of rotatable bonds is 6. The number of esters is 1. The second-order valence-electron chi connectivity index (χ2n) is 5.69. The monoisotopic (exact) mass is 319 g/mol. The summed E-state index contributed by atoms with van der Waals surface area (Å²) in [5.74, 6) is 0.569. The van der Waals surface area contributed by atoms with Gasteiger partial charge < -0.3 is 14.4 Å². The third-order valence-corrected chi connectivity index (χ3v) is 3.98. The van der Waals surface area contributed by atoms with Crippen molar-refractivity contribution in [1.29, 1.82) is 0 Å². The molecule has 0 bridgehead atoms. The Kier molecular flexibility index (Phi) is 6.44. The quantitative estimate of drug-likeness (QED) is 0.757. The average molecular weight is 319 g/mol. The molecule has 0 aromatic heterocycles. The first-order chi connectivity index (χ1) is 11.2. The van der Waals surface area contributed by atoms with E-state index in [0.29, 0.717) is 44.7 Å². The Morgan fingerprint density at radius 2 is 1.78 bits per heavy atom. The molecule has 0 aliphatic carbocycles. The van der Waals surface area contributed by atoms with Gasteiger partial charge >= 0.3 is 5.97 Å². The fourth-order valence-electron chi connectivity index (χ4n) is 2.67. The van der Waals surface area contributed by atoms with Crippen LogP contribution < -0.4 is 4.74 Å². The van der Waals surface area contributed by atoms with Crippen LogP contribution in [0.1, 0.15) is 43.5 Å². The third kappa shape index (κ3) is 4.71. The zero-order chi connectivity index (χ0) is 16.7. The maximum atomic E-state index is 12.5. The van der Waals surface area contributed by atoms with Crippen LogP contribution in [0.2, 0.25) is 0 Å². The van der Waals surface area contributed by atoms with E-state index in [2.05, 4.69) is 6.92 Å². The SMILES string of the molecule is CCCOc1ccc(C(=O)N2CCC(C(=O)OCC)CC2)cc1. The predicted octanol–water partition coefficient (Wildman–Crippen LogP) is 2.89. The Labute approximate surface area is 137 Å². The van der Waals surface area contributed by atoms with E-state index in [1.165, 1.54) is 0 Å². The standard InChI is InChI=1S/C18H25NO4/c1-3-13-23-16-7-5-14(6-8-16)17(20)19-11-9-15(10-12-19)18(21)22-4-2/h5-8,15H,3-4,9-13H2,1-2H3. The molecule has 1 fully saturated rings. The predicted molar refractivity (Wildman–Crippen MR) is 87.5 cm³/mol. The van der Waals surface area contributed by atoms with Gasteiger partial charge in [-0.3, -0.25) is 9.59 Å². The van der Waals surface area contributed by atoms with E-state index < -0.39 is 0 Å². The molecule has 1 saturated heterocycles. The Hall–Kier alpha value is -2.04. The molecule has 1 amide bonds. The topological polar surface area (TPSA) is 55.8 Å². The first-order valence-electron chi connectivity index (χ1n) is 8.34. The molecular weight excluding hydrogens is 294 g/mol. The molecule has 126 valence electrons. The molecule has 1 aliphatic rings. The van der Waals surface area contributed by atoms with Gasteiger partial charge in [0.05, 0.1) is 19.1 Å². The van der Waals surface area contributed by atoms with Gasteiger partial charge in [0.25, 0.3) is 5.91 Å². The van der Waals surface area contributed by atoms with Crippen molar-refractivity contribution in [3.8, 4) is 5.75 Å². The van der Waals surface area contributed by atoms with Crippen molar-refractivity contribution in [2.45, 2.75) is 33.1 Å². The van der Waals surface area contributed by atoms with Gasteiger partial charge in [0, 0.05) is 18.7 Å². The first kappa shape index (κ1) is 17.3. The number of hydrogen-bond acceptors (Lipinski definition) is 4. The lowest BCUT2D eigenvalue weighted by Crippen LogP contribution is -2.40. The number of piperidine rings is 1. The number of carbonyl (C=O) groups is 2. The van der Waals surface area contributed by atoms with Crippen LogP contribution in [0.25, 0.3) is 0 Å². The van der Waals surface area contributed by atoms with Gasteiger partial charge in [-0.2, -0.15) is 0 Å². The molecule has 0 saturated carbocycles. The molecule has 0 atom stereocenters. The molecule has 1 aromatic carbocycles. The number of benzene rings is 1.